The topological polar surface area (TPSA) is 53.1 Å². The van der Waals surface area contributed by atoms with Gasteiger partial charge in [0.05, 0.1) is 0 Å². The van der Waals surface area contributed by atoms with Crippen LogP contribution in [0.5, 0.6) is 5.75 Å². The Morgan fingerprint density at radius 3 is 3.00 bits per heavy atom. The second kappa shape index (κ2) is 2.35. The number of H-pyrrole nitrogens is 1. The number of aromatic nitrogens is 1. The van der Waals surface area contributed by atoms with Crippen LogP contribution in [-0.2, 0) is 0 Å². The molecule has 0 aliphatic rings. The Morgan fingerprint density at radius 2 is 2.25 bits per heavy atom. The average molecular weight is 181 g/mol. The summed E-state index contributed by atoms with van der Waals surface area (Å²) < 4.78 is 0. The summed E-state index contributed by atoms with van der Waals surface area (Å²) in [5, 5.41) is 9.97. The highest BCUT2D eigenvalue weighted by Gasteiger charge is 2.02. The Labute approximate surface area is 72.3 Å². The molecule has 0 atom stereocenters. The van der Waals surface area contributed by atoms with E-state index in [1.807, 2.05) is 13.0 Å². The van der Waals surface area contributed by atoms with Crippen molar-refractivity contribution in [2.75, 3.05) is 0 Å². The predicted molar refractivity (Wildman–Crippen MR) is 48.8 cm³/mol. The van der Waals surface area contributed by atoms with Crippen LogP contribution in [0.3, 0.4) is 0 Å². The first kappa shape index (κ1) is 7.36. The molecule has 0 radical (unpaired) electrons. The van der Waals surface area contributed by atoms with Gasteiger partial charge in [0.25, 0.3) is 5.56 Å². The van der Waals surface area contributed by atoms with Crippen LogP contribution < -0.4 is 5.56 Å². The van der Waals surface area contributed by atoms with E-state index in [1.165, 1.54) is 17.4 Å². The van der Waals surface area contributed by atoms with Crippen molar-refractivity contribution in [1.82, 2.24) is 4.98 Å². The number of rotatable bonds is 0. The van der Waals surface area contributed by atoms with Crippen molar-refractivity contribution in [1.29, 1.82) is 0 Å². The molecule has 2 aromatic heterocycles. The van der Waals surface area contributed by atoms with Gasteiger partial charge in [-0.25, -0.2) is 0 Å². The molecule has 0 bridgehead atoms. The van der Waals surface area contributed by atoms with E-state index in [2.05, 4.69) is 4.98 Å². The smallest absolute Gasteiger partial charge is 0.291 e. The largest absolute Gasteiger partial charge is 0.503 e. The molecule has 2 aromatic rings. The van der Waals surface area contributed by atoms with E-state index in [0.29, 0.717) is 0 Å². The lowest BCUT2D eigenvalue weighted by Crippen LogP contribution is -2.02. The molecule has 0 unspecified atom stereocenters. The molecule has 0 aliphatic carbocycles. The maximum absolute atomic E-state index is 10.9. The van der Waals surface area contributed by atoms with Crippen molar-refractivity contribution in [3.05, 3.63) is 27.4 Å². The number of aryl methyl sites for hydroxylation is 1. The second-order valence-electron chi connectivity index (χ2n) is 2.63. The lowest BCUT2D eigenvalue weighted by Gasteiger charge is -1.89. The summed E-state index contributed by atoms with van der Waals surface area (Å²) in [6, 6.07) is 3.41. The van der Waals surface area contributed by atoms with Crippen LogP contribution in [0.25, 0.3) is 10.2 Å². The molecule has 2 rings (SSSR count). The normalized spacial score (nSPS) is 10.8. The maximum atomic E-state index is 10.9. The van der Waals surface area contributed by atoms with Crippen molar-refractivity contribution in [3.8, 4) is 5.75 Å². The molecule has 0 spiro atoms. The number of hydrogen-bond acceptors (Lipinski definition) is 3. The van der Waals surface area contributed by atoms with Crippen molar-refractivity contribution >= 4 is 21.6 Å². The van der Waals surface area contributed by atoms with Gasteiger partial charge in [0.2, 0.25) is 0 Å². The van der Waals surface area contributed by atoms with Crippen LogP contribution in [0, 0.1) is 6.92 Å². The van der Waals surface area contributed by atoms with Gasteiger partial charge in [-0.3, -0.25) is 4.79 Å². The second-order valence-corrected chi connectivity index (χ2v) is 3.88. The lowest BCUT2D eigenvalue weighted by molar-refractivity contribution is 0.468. The summed E-state index contributed by atoms with van der Waals surface area (Å²) >= 11 is 1.51. The van der Waals surface area contributed by atoms with Gasteiger partial charge in [-0.15, -0.1) is 11.3 Å². The number of hydrogen-bond donors (Lipinski definition) is 2. The molecule has 12 heavy (non-hydrogen) atoms. The van der Waals surface area contributed by atoms with Crippen LogP contribution in [0.15, 0.2) is 16.9 Å². The van der Waals surface area contributed by atoms with E-state index < -0.39 is 5.56 Å². The van der Waals surface area contributed by atoms with E-state index in [9.17, 15) is 4.79 Å². The van der Waals surface area contributed by atoms with Crippen LogP contribution in [0.1, 0.15) is 4.88 Å². The Kier molecular flexibility index (Phi) is 1.44. The Hall–Kier alpha value is -1.29. The molecule has 0 amide bonds. The number of nitrogens with one attached hydrogen (secondary N) is 1. The zero-order valence-electron chi connectivity index (χ0n) is 6.42. The molecule has 0 saturated heterocycles. The van der Waals surface area contributed by atoms with Crippen molar-refractivity contribution < 1.29 is 5.11 Å². The predicted octanol–water partition coefficient (Wildman–Crippen LogP) is 1.60. The molecule has 0 aromatic carbocycles. The van der Waals surface area contributed by atoms with Crippen LogP contribution in [0.2, 0.25) is 0 Å². The molecule has 2 heterocycles. The fraction of sp³-hybridized carbons (Fsp3) is 0.125. The standard InChI is InChI=1S/C8H7NO2S/c1-4-2-5-3-6(10)7(11)9-8(5)12-4/h2-3,10H,1H3,(H,9,11). The van der Waals surface area contributed by atoms with Gasteiger partial charge < -0.3 is 10.1 Å². The quantitative estimate of drug-likeness (QED) is 0.648. The number of pyridine rings is 1. The number of fused-ring (bicyclic) bond motifs is 1. The van der Waals surface area contributed by atoms with Crippen LogP contribution >= 0.6 is 11.3 Å². The fourth-order valence-electron chi connectivity index (χ4n) is 1.12. The van der Waals surface area contributed by atoms with Gasteiger partial charge in [0.15, 0.2) is 5.75 Å². The summed E-state index contributed by atoms with van der Waals surface area (Å²) in [5.41, 5.74) is -0.427. The number of thiophene rings is 1. The van der Waals surface area contributed by atoms with Gasteiger partial charge in [-0.05, 0) is 19.1 Å². The molecular weight excluding hydrogens is 174 g/mol. The summed E-state index contributed by atoms with van der Waals surface area (Å²) in [4.78, 5) is 15.5. The van der Waals surface area contributed by atoms with Gasteiger partial charge in [0.1, 0.15) is 4.83 Å². The minimum Gasteiger partial charge on any atom is -0.503 e. The van der Waals surface area contributed by atoms with E-state index in [4.69, 9.17) is 5.11 Å². The van der Waals surface area contributed by atoms with Crippen LogP contribution in [0.4, 0.5) is 0 Å². The highest BCUT2D eigenvalue weighted by atomic mass is 32.1. The zero-order valence-corrected chi connectivity index (χ0v) is 7.23. The molecule has 0 aliphatic heterocycles. The molecule has 62 valence electrons. The number of aromatic hydroxyl groups is 1. The van der Waals surface area contributed by atoms with Gasteiger partial charge in [-0.2, -0.15) is 0 Å². The Bertz CT molecular complexity index is 483. The highest BCUT2D eigenvalue weighted by molar-refractivity contribution is 7.18. The summed E-state index contributed by atoms with van der Waals surface area (Å²) in [7, 11) is 0. The highest BCUT2D eigenvalue weighted by Crippen LogP contribution is 2.23. The maximum Gasteiger partial charge on any atom is 0.291 e. The van der Waals surface area contributed by atoms with Crippen LogP contribution in [-0.4, -0.2) is 10.1 Å². The molecule has 0 saturated carbocycles. The SMILES string of the molecule is Cc1cc2cc(O)c(=O)[nH]c2s1. The first-order valence-corrected chi connectivity index (χ1v) is 4.31. The van der Waals surface area contributed by atoms with E-state index in [-0.39, 0.29) is 5.75 Å². The van der Waals surface area contributed by atoms with Gasteiger partial charge in [0, 0.05) is 10.3 Å². The van der Waals surface area contributed by atoms with Crippen molar-refractivity contribution in [2.45, 2.75) is 6.92 Å². The van der Waals surface area contributed by atoms with E-state index in [1.54, 1.807) is 0 Å². The monoisotopic (exact) mass is 181 g/mol. The third kappa shape index (κ3) is 1.00. The third-order valence-electron chi connectivity index (χ3n) is 1.64. The summed E-state index contributed by atoms with van der Waals surface area (Å²) in [5.74, 6) is -0.222. The zero-order chi connectivity index (χ0) is 8.72. The molecule has 2 N–H and O–H groups in total. The van der Waals surface area contributed by atoms with Gasteiger partial charge >= 0.3 is 0 Å². The number of aromatic amines is 1. The van der Waals surface area contributed by atoms with Gasteiger partial charge in [-0.1, -0.05) is 0 Å². The van der Waals surface area contributed by atoms with Crippen molar-refractivity contribution in [3.63, 3.8) is 0 Å². The van der Waals surface area contributed by atoms with E-state index in [0.717, 1.165) is 15.1 Å². The van der Waals surface area contributed by atoms with E-state index >= 15 is 0 Å². The minimum atomic E-state index is -0.427. The fourth-order valence-corrected chi connectivity index (χ4v) is 2.01. The summed E-state index contributed by atoms with van der Waals surface area (Å²) in [6.07, 6.45) is 0. The first-order valence-electron chi connectivity index (χ1n) is 3.49. The first-order chi connectivity index (χ1) is 5.66. The molecule has 3 nitrogen and oxygen atoms in total. The Balaban J connectivity index is 2.92. The lowest BCUT2D eigenvalue weighted by atomic mass is 10.3. The molecule has 4 heteroatoms. The minimum absolute atomic E-state index is 0.222. The average Bonchev–Trinajstić information content (AvgIpc) is 2.30. The molecular formula is C8H7NO2S. The van der Waals surface area contributed by atoms with Crippen molar-refractivity contribution in [2.24, 2.45) is 0 Å². The Morgan fingerprint density at radius 1 is 1.50 bits per heavy atom. The third-order valence-corrected chi connectivity index (χ3v) is 2.62. The summed E-state index contributed by atoms with van der Waals surface area (Å²) in [6.45, 7) is 1.96. The molecule has 0 fully saturated rings.